The third kappa shape index (κ3) is 1.50. The van der Waals surface area contributed by atoms with Crippen molar-refractivity contribution in [3.05, 3.63) is 30.0 Å². The molecule has 4 nitrogen and oxygen atoms in total. The van der Waals surface area contributed by atoms with Crippen LogP contribution in [-0.4, -0.2) is 23.4 Å². The Morgan fingerprint density at radius 2 is 2.12 bits per heavy atom. The van der Waals surface area contributed by atoms with E-state index in [1.165, 1.54) is 0 Å². The molecule has 2 rings (SSSR count). The lowest BCUT2D eigenvalue weighted by Crippen LogP contribution is -2.35. The lowest BCUT2D eigenvalue weighted by Gasteiger charge is -2.26. The smallest absolute Gasteiger partial charge is 0.119 e. The van der Waals surface area contributed by atoms with Gasteiger partial charge in [0, 0.05) is 26.1 Å². The standard InChI is InChI=1S/C12H17N3O/c1-12(8-13,16-3)11-9-6-4-5-7-10(9)14-15(11)2/h4-7H,8,13H2,1-3H3. The topological polar surface area (TPSA) is 53.1 Å². The number of rotatable bonds is 3. The van der Waals surface area contributed by atoms with Crippen molar-refractivity contribution in [3.8, 4) is 0 Å². The molecule has 1 heterocycles. The summed E-state index contributed by atoms with van der Waals surface area (Å²) in [5, 5.41) is 5.55. The molecule has 0 fully saturated rings. The lowest BCUT2D eigenvalue weighted by atomic mass is 9.98. The molecule has 0 bridgehead atoms. The van der Waals surface area contributed by atoms with Crippen molar-refractivity contribution in [2.45, 2.75) is 12.5 Å². The number of ether oxygens (including phenoxy) is 1. The first-order valence-corrected chi connectivity index (χ1v) is 5.30. The zero-order valence-corrected chi connectivity index (χ0v) is 9.90. The number of aryl methyl sites for hydroxylation is 1. The summed E-state index contributed by atoms with van der Waals surface area (Å²) >= 11 is 0. The van der Waals surface area contributed by atoms with E-state index >= 15 is 0 Å². The van der Waals surface area contributed by atoms with Crippen molar-refractivity contribution < 1.29 is 4.74 Å². The largest absolute Gasteiger partial charge is 0.371 e. The van der Waals surface area contributed by atoms with Crippen LogP contribution < -0.4 is 5.73 Å². The van der Waals surface area contributed by atoms with Crippen molar-refractivity contribution in [1.29, 1.82) is 0 Å². The molecular weight excluding hydrogens is 202 g/mol. The van der Waals surface area contributed by atoms with Gasteiger partial charge in [-0.25, -0.2) is 0 Å². The molecule has 0 aliphatic heterocycles. The molecule has 1 aromatic heterocycles. The Balaban J connectivity index is 2.72. The zero-order chi connectivity index (χ0) is 11.8. The third-order valence-electron chi connectivity index (χ3n) is 3.08. The Morgan fingerprint density at radius 3 is 2.75 bits per heavy atom. The molecule has 1 atom stereocenters. The van der Waals surface area contributed by atoms with Crippen LogP contribution in [0.25, 0.3) is 10.9 Å². The molecule has 0 spiro atoms. The highest BCUT2D eigenvalue weighted by molar-refractivity contribution is 5.82. The molecule has 86 valence electrons. The zero-order valence-electron chi connectivity index (χ0n) is 9.90. The van der Waals surface area contributed by atoms with E-state index in [1.807, 2.05) is 42.9 Å². The summed E-state index contributed by atoms with van der Waals surface area (Å²) in [6.45, 7) is 2.41. The molecule has 2 aromatic rings. The van der Waals surface area contributed by atoms with Gasteiger partial charge < -0.3 is 10.5 Å². The Bertz CT molecular complexity index is 500. The van der Waals surface area contributed by atoms with Crippen molar-refractivity contribution >= 4 is 10.9 Å². The molecule has 0 amide bonds. The maximum atomic E-state index is 5.80. The lowest BCUT2D eigenvalue weighted by molar-refractivity contribution is 0.00456. The molecule has 0 saturated heterocycles. The fraction of sp³-hybridized carbons (Fsp3) is 0.417. The maximum Gasteiger partial charge on any atom is 0.119 e. The van der Waals surface area contributed by atoms with E-state index < -0.39 is 5.60 Å². The fourth-order valence-electron chi connectivity index (χ4n) is 2.05. The molecule has 0 aliphatic rings. The molecule has 4 heteroatoms. The normalized spacial score (nSPS) is 15.2. The van der Waals surface area contributed by atoms with Crippen LogP contribution >= 0.6 is 0 Å². The Hall–Kier alpha value is -1.39. The van der Waals surface area contributed by atoms with Crippen LogP contribution in [0.5, 0.6) is 0 Å². The summed E-state index contributed by atoms with van der Waals surface area (Å²) in [5.41, 5.74) is 7.30. The minimum atomic E-state index is -0.495. The first kappa shape index (κ1) is 11.1. The van der Waals surface area contributed by atoms with Crippen LogP contribution in [0.15, 0.2) is 24.3 Å². The van der Waals surface area contributed by atoms with Gasteiger partial charge in [-0.15, -0.1) is 0 Å². The molecular formula is C12H17N3O. The second-order valence-corrected chi connectivity index (χ2v) is 4.13. The first-order chi connectivity index (χ1) is 7.62. The second-order valence-electron chi connectivity index (χ2n) is 4.13. The molecule has 0 saturated carbocycles. The average molecular weight is 219 g/mol. The van der Waals surface area contributed by atoms with Gasteiger partial charge in [-0.3, -0.25) is 4.68 Å². The number of fused-ring (bicyclic) bond motifs is 1. The molecule has 1 unspecified atom stereocenters. The van der Waals surface area contributed by atoms with Gasteiger partial charge in [0.25, 0.3) is 0 Å². The molecule has 16 heavy (non-hydrogen) atoms. The molecule has 2 N–H and O–H groups in total. The van der Waals surface area contributed by atoms with Crippen molar-refractivity contribution in [3.63, 3.8) is 0 Å². The van der Waals surface area contributed by atoms with E-state index in [0.717, 1.165) is 16.6 Å². The molecule has 0 aliphatic carbocycles. The van der Waals surface area contributed by atoms with E-state index in [1.54, 1.807) is 7.11 Å². The second kappa shape index (κ2) is 3.88. The van der Waals surface area contributed by atoms with Crippen molar-refractivity contribution in [1.82, 2.24) is 9.78 Å². The van der Waals surface area contributed by atoms with E-state index in [-0.39, 0.29) is 0 Å². The van der Waals surface area contributed by atoms with Gasteiger partial charge in [-0.2, -0.15) is 5.10 Å². The minimum Gasteiger partial charge on any atom is -0.371 e. The Morgan fingerprint density at radius 1 is 1.44 bits per heavy atom. The van der Waals surface area contributed by atoms with Crippen LogP contribution in [0, 0.1) is 0 Å². The van der Waals surface area contributed by atoms with Crippen LogP contribution in [-0.2, 0) is 17.4 Å². The first-order valence-electron chi connectivity index (χ1n) is 5.30. The summed E-state index contributed by atoms with van der Waals surface area (Å²) in [6.07, 6.45) is 0. The van der Waals surface area contributed by atoms with Gasteiger partial charge in [-0.05, 0) is 13.0 Å². The fourth-order valence-corrected chi connectivity index (χ4v) is 2.05. The highest BCUT2D eigenvalue weighted by atomic mass is 16.5. The predicted octanol–water partition coefficient (Wildman–Crippen LogP) is 1.39. The Kier molecular flexibility index (Phi) is 2.69. The summed E-state index contributed by atoms with van der Waals surface area (Å²) in [7, 11) is 3.59. The van der Waals surface area contributed by atoms with Crippen LogP contribution in [0.3, 0.4) is 0 Å². The quantitative estimate of drug-likeness (QED) is 0.848. The summed E-state index contributed by atoms with van der Waals surface area (Å²) in [6, 6.07) is 8.02. The molecule has 0 radical (unpaired) electrons. The Labute approximate surface area is 95.0 Å². The average Bonchev–Trinajstić information content (AvgIpc) is 2.64. The highest BCUT2D eigenvalue weighted by Crippen LogP contribution is 2.29. The number of nitrogens with two attached hydrogens (primary N) is 1. The number of nitrogens with zero attached hydrogens (tertiary/aromatic N) is 2. The van der Waals surface area contributed by atoms with Gasteiger partial charge in [0.05, 0.1) is 11.2 Å². The molecule has 1 aromatic carbocycles. The van der Waals surface area contributed by atoms with E-state index in [4.69, 9.17) is 10.5 Å². The van der Waals surface area contributed by atoms with Gasteiger partial charge in [0.15, 0.2) is 0 Å². The summed E-state index contributed by atoms with van der Waals surface area (Å²) < 4.78 is 7.38. The van der Waals surface area contributed by atoms with E-state index in [2.05, 4.69) is 5.10 Å². The van der Waals surface area contributed by atoms with Crippen LogP contribution in [0.2, 0.25) is 0 Å². The number of hydrogen-bond acceptors (Lipinski definition) is 3. The monoisotopic (exact) mass is 219 g/mol. The van der Waals surface area contributed by atoms with Gasteiger partial charge in [-0.1, -0.05) is 18.2 Å². The van der Waals surface area contributed by atoms with E-state index in [9.17, 15) is 0 Å². The van der Waals surface area contributed by atoms with Gasteiger partial charge in [0.2, 0.25) is 0 Å². The third-order valence-corrected chi connectivity index (χ3v) is 3.08. The van der Waals surface area contributed by atoms with Crippen molar-refractivity contribution in [2.75, 3.05) is 13.7 Å². The maximum absolute atomic E-state index is 5.80. The van der Waals surface area contributed by atoms with Crippen LogP contribution in [0.4, 0.5) is 0 Å². The minimum absolute atomic E-state index is 0.424. The predicted molar refractivity (Wildman–Crippen MR) is 64.1 cm³/mol. The van der Waals surface area contributed by atoms with E-state index in [0.29, 0.717) is 6.54 Å². The number of benzene rings is 1. The van der Waals surface area contributed by atoms with Crippen LogP contribution in [0.1, 0.15) is 12.6 Å². The van der Waals surface area contributed by atoms with Gasteiger partial charge >= 0.3 is 0 Å². The highest BCUT2D eigenvalue weighted by Gasteiger charge is 2.30. The SMILES string of the molecule is COC(C)(CN)c1c2ccccc2nn1C. The summed E-state index contributed by atoms with van der Waals surface area (Å²) in [4.78, 5) is 0. The summed E-state index contributed by atoms with van der Waals surface area (Å²) in [5.74, 6) is 0. The number of methoxy groups -OCH3 is 1. The van der Waals surface area contributed by atoms with Crippen molar-refractivity contribution in [2.24, 2.45) is 12.8 Å². The number of hydrogen-bond donors (Lipinski definition) is 1. The number of aromatic nitrogens is 2. The van der Waals surface area contributed by atoms with Gasteiger partial charge in [0.1, 0.15) is 5.60 Å².